The zero-order valence-electron chi connectivity index (χ0n) is 21.8. The molecule has 208 valence electrons. The number of carbonyl (C=O) groups excluding carboxylic acids is 4. The summed E-state index contributed by atoms with van der Waals surface area (Å²) in [6, 6.07) is 11.5. The SMILES string of the molecule is CC(=O)OC(C(=O)Nc1ccc(-c2noc(=O)[nH]2)cc1)C1OCCN(c2cc(C)cc(C(=O)N3CCC3)c2)C1=O. The number of carbonyl (C=O) groups is 4. The number of ether oxygens (including phenoxy) is 2. The fourth-order valence-electron chi connectivity index (χ4n) is 4.53. The van der Waals surface area contributed by atoms with Crippen molar-refractivity contribution in [2.45, 2.75) is 32.5 Å². The van der Waals surface area contributed by atoms with E-state index < -0.39 is 35.7 Å². The second-order valence-corrected chi connectivity index (χ2v) is 9.52. The number of H-pyrrole nitrogens is 1. The average molecular weight is 550 g/mol. The van der Waals surface area contributed by atoms with Crippen LogP contribution in [0.25, 0.3) is 11.4 Å². The van der Waals surface area contributed by atoms with Crippen LogP contribution in [0.15, 0.2) is 51.8 Å². The lowest BCUT2D eigenvalue weighted by Crippen LogP contribution is -2.56. The van der Waals surface area contributed by atoms with Gasteiger partial charge in [0, 0.05) is 49.1 Å². The molecule has 5 rings (SSSR count). The van der Waals surface area contributed by atoms with Crippen molar-refractivity contribution < 1.29 is 33.2 Å². The van der Waals surface area contributed by atoms with E-state index in [-0.39, 0.29) is 24.9 Å². The molecule has 2 N–H and O–H groups in total. The molecule has 40 heavy (non-hydrogen) atoms. The van der Waals surface area contributed by atoms with Crippen molar-refractivity contribution in [2.24, 2.45) is 0 Å². The van der Waals surface area contributed by atoms with Gasteiger partial charge >= 0.3 is 11.7 Å². The molecule has 2 aromatic carbocycles. The Kier molecular flexibility index (Phi) is 7.47. The largest absolute Gasteiger partial charge is 0.449 e. The first-order valence-corrected chi connectivity index (χ1v) is 12.7. The van der Waals surface area contributed by atoms with Crippen LogP contribution in [0.1, 0.15) is 29.3 Å². The van der Waals surface area contributed by atoms with Gasteiger partial charge in [-0.05, 0) is 61.4 Å². The Morgan fingerprint density at radius 1 is 1.10 bits per heavy atom. The van der Waals surface area contributed by atoms with Crippen molar-refractivity contribution in [3.05, 3.63) is 64.1 Å². The van der Waals surface area contributed by atoms with E-state index in [1.54, 1.807) is 47.4 Å². The first-order valence-electron chi connectivity index (χ1n) is 12.7. The summed E-state index contributed by atoms with van der Waals surface area (Å²) in [7, 11) is 0. The Morgan fingerprint density at radius 2 is 1.85 bits per heavy atom. The number of benzene rings is 2. The van der Waals surface area contributed by atoms with Crippen LogP contribution in [-0.2, 0) is 23.9 Å². The summed E-state index contributed by atoms with van der Waals surface area (Å²) < 4.78 is 15.4. The number of aromatic amines is 1. The van der Waals surface area contributed by atoms with Crippen LogP contribution < -0.4 is 16.0 Å². The molecule has 0 spiro atoms. The molecule has 2 fully saturated rings. The highest BCUT2D eigenvalue weighted by Crippen LogP contribution is 2.26. The maximum absolute atomic E-state index is 13.6. The Hall–Kier alpha value is -4.78. The molecule has 0 radical (unpaired) electrons. The van der Waals surface area contributed by atoms with E-state index in [0.717, 1.165) is 18.9 Å². The van der Waals surface area contributed by atoms with E-state index in [0.29, 0.717) is 35.6 Å². The molecule has 2 atom stereocenters. The lowest BCUT2D eigenvalue weighted by Gasteiger charge is -2.36. The molecule has 2 aliphatic rings. The summed E-state index contributed by atoms with van der Waals surface area (Å²) in [4.78, 5) is 68.4. The van der Waals surface area contributed by atoms with Crippen LogP contribution in [0, 0.1) is 6.92 Å². The predicted molar refractivity (Wildman–Crippen MR) is 141 cm³/mol. The number of amides is 3. The molecule has 13 nitrogen and oxygen atoms in total. The van der Waals surface area contributed by atoms with Crippen molar-refractivity contribution in [3.63, 3.8) is 0 Å². The summed E-state index contributed by atoms with van der Waals surface area (Å²) >= 11 is 0. The number of nitrogens with one attached hydrogen (secondary N) is 2. The predicted octanol–water partition coefficient (Wildman–Crippen LogP) is 1.49. The number of hydrogen-bond acceptors (Lipinski definition) is 9. The third kappa shape index (κ3) is 5.64. The molecular formula is C27H27N5O8. The fourth-order valence-corrected chi connectivity index (χ4v) is 4.53. The van der Waals surface area contributed by atoms with E-state index >= 15 is 0 Å². The van der Waals surface area contributed by atoms with Gasteiger partial charge in [0.05, 0.1) is 6.61 Å². The molecule has 3 amide bonds. The molecular weight excluding hydrogens is 522 g/mol. The lowest BCUT2D eigenvalue weighted by molar-refractivity contribution is -0.167. The standard InChI is InChI=1S/C27H27N5O8/c1-15-12-18(25(35)31-8-3-9-31)14-20(13-15)32-10-11-38-22(26(32)36)21(39-16(2)33)24(34)28-19-6-4-17(5-7-19)23-29-27(37)40-30-23/h4-7,12-14,21-22H,3,8-11H2,1-2H3,(H,28,34)(H,29,30,37). The molecule has 13 heteroatoms. The Morgan fingerprint density at radius 3 is 2.48 bits per heavy atom. The van der Waals surface area contributed by atoms with Gasteiger partial charge in [0.1, 0.15) is 0 Å². The highest BCUT2D eigenvalue weighted by Gasteiger charge is 2.43. The van der Waals surface area contributed by atoms with Gasteiger partial charge in [0.25, 0.3) is 17.7 Å². The molecule has 2 saturated heterocycles. The Bertz CT molecular complexity index is 1510. The highest BCUT2D eigenvalue weighted by atomic mass is 16.6. The molecule has 1 aromatic heterocycles. The number of aryl methyl sites for hydroxylation is 1. The van der Waals surface area contributed by atoms with Crippen LogP contribution in [0.5, 0.6) is 0 Å². The molecule has 0 saturated carbocycles. The van der Waals surface area contributed by atoms with E-state index in [9.17, 15) is 24.0 Å². The lowest BCUT2D eigenvalue weighted by atomic mass is 10.0. The number of esters is 1. The minimum Gasteiger partial charge on any atom is -0.449 e. The van der Waals surface area contributed by atoms with Crippen LogP contribution in [-0.4, -0.2) is 77.2 Å². The summed E-state index contributed by atoms with van der Waals surface area (Å²) in [5, 5.41) is 6.24. The summed E-state index contributed by atoms with van der Waals surface area (Å²) in [5.41, 5.74) is 2.63. The third-order valence-electron chi connectivity index (χ3n) is 6.58. The number of rotatable bonds is 7. The highest BCUT2D eigenvalue weighted by molar-refractivity contribution is 6.05. The van der Waals surface area contributed by atoms with Crippen molar-refractivity contribution in [1.82, 2.24) is 15.0 Å². The topological polar surface area (TPSA) is 164 Å². The molecule has 0 bridgehead atoms. The van der Waals surface area contributed by atoms with E-state index in [1.807, 2.05) is 6.92 Å². The average Bonchev–Trinajstić information content (AvgIpc) is 3.32. The smallest absolute Gasteiger partial charge is 0.439 e. The van der Waals surface area contributed by atoms with Crippen molar-refractivity contribution >= 4 is 35.1 Å². The Balaban J connectivity index is 1.35. The second kappa shape index (κ2) is 11.1. The van der Waals surface area contributed by atoms with Crippen LogP contribution >= 0.6 is 0 Å². The van der Waals surface area contributed by atoms with Gasteiger partial charge in [-0.2, -0.15) is 0 Å². The monoisotopic (exact) mass is 549 g/mol. The molecule has 3 heterocycles. The number of morpholine rings is 1. The van der Waals surface area contributed by atoms with Gasteiger partial charge in [-0.15, -0.1) is 0 Å². The maximum Gasteiger partial charge on any atom is 0.439 e. The number of anilines is 2. The molecule has 0 aliphatic carbocycles. The number of aromatic nitrogens is 2. The van der Waals surface area contributed by atoms with Gasteiger partial charge in [-0.25, -0.2) is 4.79 Å². The van der Waals surface area contributed by atoms with Crippen LogP contribution in [0.4, 0.5) is 11.4 Å². The van der Waals surface area contributed by atoms with Gasteiger partial charge in [-0.3, -0.25) is 28.7 Å². The zero-order chi connectivity index (χ0) is 28.4. The number of nitrogens with zero attached hydrogens (tertiary/aromatic N) is 3. The minimum absolute atomic E-state index is 0.0788. The van der Waals surface area contributed by atoms with Crippen molar-refractivity contribution in [3.8, 4) is 11.4 Å². The van der Waals surface area contributed by atoms with Crippen LogP contribution in [0.3, 0.4) is 0 Å². The summed E-state index contributed by atoms with van der Waals surface area (Å²) in [6.07, 6.45) is -2.03. The first-order chi connectivity index (χ1) is 19.2. The maximum atomic E-state index is 13.6. The minimum atomic E-state index is -1.58. The van der Waals surface area contributed by atoms with Gasteiger partial charge in [-0.1, -0.05) is 5.16 Å². The van der Waals surface area contributed by atoms with Gasteiger partial charge < -0.3 is 24.6 Å². The normalized spacial score (nSPS) is 17.6. The zero-order valence-corrected chi connectivity index (χ0v) is 21.8. The first kappa shape index (κ1) is 26.8. The number of likely N-dealkylation sites (tertiary alicyclic amines) is 1. The summed E-state index contributed by atoms with van der Waals surface area (Å²) in [6.45, 7) is 4.63. The van der Waals surface area contributed by atoms with Crippen molar-refractivity contribution in [2.75, 3.05) is 36.5 Å². The second-order valence-electron chi connectivity index (χ2n) is 9.52. The Labute approximate surface area is 228 Å². The number of hydrogen-bond donors (Lipinski definition) is 2. The quantitative estimate of drug-likeness (QED) is 0.416. The van der Waals surface area contributed by atoms with Gasteiger partial charge in [0.15, 0.2) is 11.9 Å². The van der Waals surface area contributed by atoms with E-state index in [2.05, 4.69) is 20.0 Å². The van der Waals surface area contributed by atoms with Crippen LogP contribution in [0.2, 0.25) is 0 Å². The third-order valence-corrected chi connectivity index (χ3v) is 6.58. The summed E-state index contributed by atoms with van der Waals surface area (Å²) in [5.74, 6) is -2.70. The van der Waals surface area contributed by atoms with Gasteiger partial charge in [0.2, 0.25) is 6.10 Å². The fraction of sp³-hybridized carbons (Fsp3) is 0.333. The van der Waals surface area contributed by atoms with Crippen molar-refractivity contribution in [1.29, 1.82) is 0 Å². The van der Waals surface area contributed by atoms with E-state index in [4.69, 9.17) is 9.47 Å². The molecule has 2 aliphatic heterocycles. The molecule has 2 unspecified atom stereocenters. The van der Waals surface area contributed by atoms with E-state index in [1.165, 1.54) is 4.90 Å². The molecule has 3 aromatic rings.